The van der Waals surface area contributed by atoms with Crippen molar-refractivity contribution in [3.05, 3.63) is 23.8 Å². The molecule has 8 heteroatoms. The first-order valence-corrected chi connectivity index (χ1v) is 5.72. The summed E-state index contributed by atoms with van der Waals surface area (Å²) in [6, 6.07) is 3.00. The van der Waals surface area contributed by atoms with Crippen LogP contribution in [-0.4, -0.2) is 34.1 Å². The van der Waals surface area contributed by atoms with E-state index < -0.39 is 23.9 Å². The Bertz CT molecular complexity index is 544. The van der Waals surface area contributed by atoms with E-state index in [-0.39, 0.29) is 29.8 Å². The van der Waals surface area contributed by atoms with Gasteiger partial charge < -0.3 is 27.0 Å². The zero-order valence-corrected chi connectivity index (χ0v) is 10.5. The van der Waals surface area contributed by atoms with Crippen molar-refractivity contribution in [1.82, 2.24) is 0 Å². The van der Waals surface area contributed by atoms with E-state index in [1.807, 2.05) is 0 Å². The summed E-state index contributed by atoms with van der Waals surface area (Å²) in [6.07, 6.45) is -0.237. The molecule has 1 aromatic rings. The third-order valence-electron chi connectivity index (χ3n) is 2.56. The van der Waals surface area contributed by atoms with Crippen LogP contribution in [0.25, 0.3) is 0 Å². The van der Waals surface area contributed by atoms with Gasteiger partial charge in [0.1, 0.15) is 0 Å². The molecule has 0 unspecified atom stereocenters. The number of nitrogen functional groups attached to an aromatic ring is 1. The summed E-state index contributed by atoms with van der Waals surface area (Å²) >= 11 is 0. The molecule has 0 aliphatic rings. The quantitative estimate of drug-likeness (QED) is 0.463. The monoisotopic (exact) mass is 281 g/mol. The first-order valence-electron chi connectivity index (χ1n) is 5.72. The van der Waals surface area contributed by atoms with Gasteiger partial charge >= 0.3 is 11.9 Å². The Morgan fingerprint density at radius 3 is 2.45 bits per heavy atom. The van der Waals surface area contributed by atoms with Gasteiger partial charge in [-0.3, -0.25) is 9.59 Å². The Hall–Kier alpha value is -2.61. The lowest BCUT2D eigenvalue weighted by atomic mass is 10.1. The van der Waals surface area contributed by atoms with Crippen LogP contribution in [0.15, 0.2) is 18.2 Å². The Labute approximate surface area is 114 Å². The van der Waals surface area contributed by atoms with Gasteiger partial charge in [-0.1, -0.05) is 0 Å². The van der Waals surface area contributed by atoms with E-state index in [2.05, 4.69) is 5.32 Å². The van der Waals surface area contributed by atoms with Gasteiger partial charge in [-0.2, -0.15) is 0 Å². The number of hydrogen-bond donors (Lipinski definition) is 5. The normalized spacial score (nSPS) is 11.7. The number of benzene rings is 1. The molecule has 1 rings (SSSR count). The highest BCUT2D eigenvalue weighted by Crippen LogP contribution is 2.18. The molecule has 108 valence electrons. The maximum absolute atomic E-state index is 11.7. The van der Waals surface area contributed by atoms with Crippen LogP contribution in [0.3, 0.4) is 0 Å². The molecule has 8 nitrogen and oxygen atoms in total. The zero-order chi connectivity index (χ0) is 15.3. The zero-order valence-electron chi connectivity index (χ0n) is 10.5. The molecule has 0 fully saturated rings. The molecule has 1 amide bonds. The predicted octanol–water partition coefficient (Wildman–Crippen LogP) is 0.0976. The minimum absolute atomic E-state index is 0.0120. The lowest BCUT2D eigenvalue weighted by Crippen LogP contribution is -2.36. The molecule has 1 atom stereocenters. The number of aromatic carboxylic acids is 1. The number of carbonyl (C=O) groups is 3. The van der Waals surface area contributed by atoms with E-state index >= 15 is 0 Å². The third-order valence-corrected chi connectivity index (χ3v) is 2.56. The maximum atomic E-state index is 11.7. The fourth-order valence-corrected chi connectivity index (χ4v) is 1.46. The summed E-state index contributed by atoms with van der Waals surface area (Å²) in [6.45, 7) is 0. The van der Waals surface area contributed by atoms with Crippen LogP contribution in [0.4, 0.5) is 11.4 Å². The van der Waals surface area contributed by atoms with Crippen LogP contribution in [0, 0.1) is 0 Å². The summed E-state index contributed by atoms with van der Waals surface area (Å²) in [7, 11) is 0. The Balaban J connectivity index is 2.73. The van der Waals surface area contributed by atoms with Gasteiger partial charge in [-0.05, 0) is 24.6 Å². The van der Waals surface area contributed by atoms with Crippen molar-refractivity contribution in [2.24, 2.45) is 5.73 Å². The molecular weight excluding hydrogens is 266 g/mol. The minimum Gasteiger partial charge on any atom is -0.481 e. The number of rotatable bonds is 6. The van der Waals surface area contributed by atoms with Gasteiger partial charge in [0.2, 0.25) is 5.91 Å². The number of carboxylic acid groups (broad SMARTS) is 2. The van der Waals surface area contributed by atoms with E-state index in [1.54, 1.807) is 0 Å². The SMILES string of the molecule is Nc1ccc(NC(=O)[C@@H](N)CCC(=O)O)cc1C(=O)O. The maximum Gasteiger partial charge on any atom is 0.337 e. The molecule has 20 heavy (non-hydrogen) atoms. The molecule has 0 aromatic heterocycles. The third kappa shape index (κ3) is 4.25. The second-order valence-corrected chi connectivity index (χ2v) is 4.14. The lowest BCUT2D eigenvalue weighted by Gasteiger charge is -2.12. The van der Waals surface area contributed by atoms with E-state index in [0.29, 0.717) is 0 Å². The van der Waals surface area contributed by atoms with Crippen molar-refractivity contribution in [3.8, 4) is 0 Å². The van der Waals surface area contributed by atoms with Crippen LogP contribution < -0.4 is 16.8 Å². The van der Waals surface area contributed by atoms with Crippen molar-refractivity contribution in [2.45, 2.75) is 18.9 Å². The fourth-order valence-electron chi connectivity index (χ4n) is 1.46. The van der Waals surface area contributed by atoms with Crippen molar-refractivity contribution < 1.29 is 24.6 Å². The molecule has 0 bridgehead atoms. The number of carboxylic acids is 2. The number of carbonyl (C=O) groups excluding carboxylic acids is 1. The smallest absolute Gasteiger partial charge is 0.337 e. The van der Waals surface area contributed by atoms with E-state index in [0.717, 1.165) is 0 Å². The second-order valence-electron chi connectivity index (χ2n) is 4.14. The first kappa shape index (κ1) is 15.4. The largest absolute Gasteiger partial charge is 0.481 e. The van der Waals surface area contributed by atoms with Gasteiger partial charge in [0.15, 0.2) is 0 Å². The van der Waals surface area contributed by atoms with E-state index in [1.165, 1.54) is 18.2 Å². The van der Waals surface area contributed by atoms with E-state index in [9.17, 15) is 14.4 Å². The summed E-state index contributed by atoms with van der Waals surface area (Å²) in [5.41, 5.74) is 11.2. The van der Waals surface area contributed by atoms with Crippen LogP contribution in [0.1, 0.15) is 23.2 Å². The van der Waals surface area contributed by atoms with Crippen LogP contribution >= 0.6 is 0 Å². The van der Waals surface area contributed by atoms with Crippen molar-refractivity contribution in [1.29, 1.82) is 0 Å². The Morgan fingerprint density at radius 1 is 1.25 bits per heavy atom. The van der Waals surface area contributed by atoms with Crippen LogP contribution in [0.5, 0.6) is 0 Å². The average molecular weight is 281 g/mol. The summed E-state index contributed by atoms with van der Waals surface area (Å²) in [5, 5.41) is 19.8. The van der Waals surface area contributed by atoms with E-state index in [4.69, 9.17) is 21.7 Å². The standard InChI is InChI=1S/C12H15N3O5/c13-8-2-1-6(5-7(8)12(19)20)15-11(18)9(14)3-4-10(16)17/h1-2,5,9H,3-4,13-14H2,(H,15,18)(H,16,17)(H,19,20)/t9-/m0/s1. The van der Waals surface area contributed by atoms with Gasteiger partial charge in [0.25, 0.3) is 0 Å². The summed E-state index contributed by atoms with van der Waals surface area (Å²) < 4.78 is 0. The number of nitrogens with two attached hydrogens (primary N) is 2. The fraction of sp³-hybridized carbons (Fsp3) is 0.250. The van der Waals surface area contributed by atoms with Crippen LogP contribution in [-0.2, 0) is 9.59 Å². The topological polar surface area (TPSA) is 156 Å². The van der Waals surface area contributed by atoms with Gasteiger partial charge in [-0.25, -0.2) is 4.79 Å². The second kappa shape index (κ2) is 6.53. The number of anilines is 2. The molecule has 0 saturated carbocycles. The van der Waals surface area contributed by atoms with Gasteiger partial charge in [0, 0.05) is 17.8 Å². The molecule has 0 spiro atoms. The van der Waals surface area contributed by atoms with Gasteiger partial charge in [0.05, 0.1) is 11.6 Å². The molecule has 0 radical (unpaired) electrons. The van der Waals surface area contributed by atoms with Gasteiger partial charge in [-0.15, -0.1) is 0 Å². The molecule has 0 heterocycles. The molecule has 0 saturated heterocycles. The van der Waals surface area contributed by atoms with Crippen molar-refractivity contribution >= 4 is 29.2 Å². The summed E-state index contributed by atoms with van der Waals surface area (Å²) in [5.74, 6) is -2.85. The van der Waals surface area contributed by atoms with Crippen molar-refractivity contribution in [3.63, 3.8) is 0 Å². The molecule has 0 aliphatic heterocycles. The lowest BCUT2D eigenvalue weighted by molar-refractivity contribution is -0.137. The number of amides is 1. The predicted molar refractivity (Wildman–Crippen MR) is 71.3 cm³/mol. The number of hydrogen-bond acceptors (Lipinski definition) is 5. The number of aliphatic carboxylic acids is 1. The molecule has 0 aliphatic carbocycles. The highest BCUT2D eigenvalue weighted by molar-refractivity contribution is 5.98. The molecule has 7 N–H and O–H groups in total. The highest BCUT2D eigenvalue weighted by Gasteiger charge is 2.16. The number of nitrogens with one attached hydrogen (secondary N) is 1. The average Bonchev–Trinajstić information content (AvgIpc) is 2.37. The summed E-state index contributed by atoms with van der Waals surface area (Å²) in [4.78, 5) is 32.9. The minimum atomic E-state index is -1.21. The Kier molecular flexibility index (Phi) is 5.04. The highest BCUT2D eigenvalue weighted by atomic mass is 16.4. The molecule has 1 aromatic carbocycles. The molecular formula is C12H15N3O5. The van der Waals surface area contributed by atoms with Crippen molar-refractivity contribution in [2.75, 3.05) is 11.1 Å². The first-order chi connectivity index (χ1) is 9.31. The van der Waals surface area contributed by atoms with Crippen LogP contribution in [0.2, 0.25) is 0 Å². The Morgan fingerprint density at radius 2 is 1.90 bits per heavy atom.